The topological polar surface area (TPSA) is 89.4 Å². The third kappa shape index (κ3) is 49.5. The monoisotopic (exact) mass is 282 g/mol. The van der Waals surface area contributed by atoms with Gasteiger partial charge in [0.2, 0.25) is 0 Å². The summed E-state index contributed by atoms with van der Waals surface area (Å²) in [6.07, 6.45) is 0. The van der Waals surface area contributed by atoms with Gasteiger partial charge in [-0.3, -0.25) is 0 Å². The minimum Gasteiger partial charge on any atom is -1.00 e. The molecule has 4 nitrogen and oxygen atoms in total. The van der Waals surface area contributed by atoms with Crippen molar-refractivity contribution >= 4 is 86.6 Å². The van der Waals surface area contributed by atoms with Crippen molar-refractivity contribution in [1.82, 2.24) is 0 Å². The van der Waals surface area contributed by atoms with Gasteiger partial charge in [-0.2, -0.15) is 14.0 Å². The van der Waals surface area contributed by atoms with Crippen LogP contribution in [-0.2, 0) is 0 Å². The fourth-order valence-corrected chi connectivity index (χ4v) is 0. The molecule has 0 heterocycles. The van der Waals surface area contributed by atoms with E-state index in [1.54, 1.807) is 0 Å². The van der Waals surface area contributed by atoms with Gasteiger partial charge in [0.05, 0.1) is 14.9 Å². The molecule has 0 atom stereocenters. The quantitative estimate of drug-likeness (QED) is 0.454. The second kappa shape index (κ2) is 7.07. The fourth-order valence-electron chi connectivity index (χ4n) is 0. The molecule has 7 heteroatoms. The van der Waals surface area contributed by atoms with Crippen LogP contribution in [0.4, 0.5) is 0 Å². The molecule has 0 saturated carbocycles. The molecule has 0 aliphatic heterocycles. The standard InChI is InChI=1S/Ba.Ca.ClHO4.4H/c;;2-1(3,4)5;;;;/h;;(H,2,3,4,5);;;;/q2*+2;;4*-1. The van der Waals surface area contributed by atoms with E-state index < -0.39 is 10.2 Å². The van der Waals surface area contributed by atoms with Crippen LogP contribution >= 0.6 is 0 Å². The van der Waals surface area contributed by atoms with E-state index in [1.807, 2.05) is 0 Å². The molecule has 40 valence electrons. The molecule has 0 bridgehead atoms. The first-order valence-electron chi connectivity index (χ1n) is 0.632. The largest absolute Gasteiger partial charge is 2.00 e. The average molecular weight is 282 g/mol. The zero-order valence-corrected chi connectivity index (χ0v) is 10.9. The molecule has 0 fully saturated rings. The molecule has 0 radical (unpaired) electrons. The molecule has 0 aromatic carbocycles. The van der Waals surface area contributed by atoms with Gasteiger partial charge in [-0.1, -0.05) is 0 Å². The van der Waals surface area contributed by atoms with Gasteiger partial charge < -0.3 is 5.71 Å². The van der Waals surface area contributed by atoms with Crippen LogP contribution in [0.25, 0.3) is 0 Å². The van der Waals surface area contributed by atoms with Crippen molar-refractivity contribution in [1.29, 1.82) is 0 Å². The van der Waals surface area contributed by atoms with Crippen molar-refractivity contribution in [2.24, 2.45) is 0 Å². The molecule has 1 N–H and O–H groups in total. The van der Waals surface area contributed by atoms with Crippen LogP contribution in [0.3, 0.4) is 0 Å². The first-order valence-corrected chi connectivity index (χ1v) is 1.90. The molecular formula is H5BaCaClO4. The van der Waals surface area contributed by atoms with Gasteiger partial charge >= 0.3 is 86.6 Å². The number of hydrogen-bond donors (Lipinski definition) is 1. The maximum absolute atomic E-state index is 8.60. The van der Waals surface area contributed by atoms with Gasteiger partial charge in [0, 0.05) is 0 Å². The Hall–Kier alpha value is 2.96. The summed E-state index contributed by atoms with van der Waals surface area (Å²) >= 11 is 0. The van der Waals surface area contributed by atoms with E-state index in [2.05, 4.69) is 0 Å². The van der Waals surface area contributed by atoms with Crippen molar-refractivity contribution in [3.8, 4) is 0 Å². The number of halogens is 1. The van der Waals surface area contributed by atoms with E-state index in [4.69, 9.17) is 18.6 Å². The van der Waals surface area contributed by atoms with E-state index >= 15 is 0 Å². The SMILES string of the molecule is [Ba+2].[Ca+2].[H-].[H-].[H-].[H-].[O-][Cl+3]([O-])([O-])O. The predicted octanol–water partition coefficient (Wildman–Crippen LogP) is -4.44. The summed E-state index contributed by atoms with van der Waals surface area (Å²) in [6, 6.07) is 0. The molecule has 0 unspecified atom stereocenters. The van der Waals surface area contributed by atoms with Crippen molar-refractivity contribution in [3.63, 3.8) is 0 Å². The zero-order chi connectivity index (χ0) is 4.50. The van der Waals surface area contributed by atoms with Gasteiger partial charge in [-0.25, -0.2) is 0 Å². The molecule has 7 heavy (non-hydrogen) atoms. The Balaban J connectivity index is -0.00000000533. The molecule has 0 aliphatic carbocycles. The Kier molecular flexibility index (Phi) is 16.7. The van der Waals surface area contributed by atoms with Crippen LogP contribution in [0.15, 0.2) is 0 Å². The Bertz CT molecular complexity index is 37.6. The first-order chi connectivity index (χ1) is 2.00. The van der Waals surface area contributed by atoms with Gasteiger partial charge in [-0.05, 0) is 0 Å². The van der Waals surface area contributed by atoms with E-state index in [-0.39, 0.29) is 92.3 Å². The van der Waals surface area contributed by atoms with Gasteiger partial charge in [-0.15, -0.1) is 0 Å². The molecular weight excluding hydrogens is 277 g/mol. The summed E-state index contributed by atoms with van der Waals surface area (Å²) in [4.78, 5) is 0. The minimum absolute atomic E-state index is 0. The Labute approximate surface area is 119 Å². The van der Waals surface area contributed by atoms with E-state index in [0.717, 1.165) is 0 Å². The van der Waals surface area contributed by atoms with Crippen molar-refractivity contribution in [2.75, 3.05) is 0 Å². The van der Waals surface area contributed by atoms with Crippen molar-refractivity contribution < 1.29 is 34.6 Å². The first kappa shape index (κ1) is 16.5. The maximum atomic E-state index is 8.60. The normalized spacial score (nSPS) is 8.57. The minimum atomic E-state index is -4.69. The van der Waals surface area contributed by atoms with Crippen LogP contribution in [0.5, 0.6) is 0 Å². The van der Waals surface area contributed by atoms with Crippen LogP contribution in [0.1, 0.15) is 5.71 Å². The van der Waals surface area contributed by atoms with E-state index in [1.165, 1.54) is 0 Å². The van der Waals surface area contributed by atoms with Crippen molar-refractivity contribution in [2.45, 2.75) is 0 Å². The predicted molar refractivity (Wildman–Crippen MR) is 18.2 cm³/mol. The fraction of sp³-hybridized carbons (Fsp3) is 0. The van der Waals surface area contributed by atoms with Crippen molar-refractivity contribution in [3.05, 3.63) is 0 Å². The smallest absolute Gasteiger partial charge is 1.00 e. The van der Waals surface area contributed by atoms with Crippen LogP contribution in [0.2, 0.25) is 0 Å². The summed E-state index contributed by atoms with van der Waals surface area (Å²) < 4.78 is 32.7. The third-order valence-electron chi connectivity index (χ3n) is 0. The molecule has 0 amide bonds. The summed E-state index contributed by atoms with van der Waals surface area (Å²) in [5, 5.41) is 0. The van der Waals surface area contributed by atoms with E-state index in [0.29, 0.717) is 0 Å². The summed E-state index contributed by atoms with van der Waals surface area (Å²) in [6.45, 7) is 0. The van der Waals surface area contributed by atoms with Crippen LogP contribution in [0, 0.1) is 10.2 Å². The average Bonchev–Trinajstić information content (AvgIpc) is 0.722. The molecule has 0 aliphatic rings. The zero-order valence-electron chi connectivity index (χ0n) is 7.46. The third-order valence-corrected chi connectivity index (χ3v) is 0. The van der Waals surface area contributed by atoms with Crippen LogP contribution < -0.4 is 14.0 Å². The Morgan fingerprint density at radius 1 is 1.29 bits per heavy atom. The molecule has 0 saturated heterocycles. The van der Waals surface area contributed by atoms with Crippen LogP contribution in [-0.4, -0.2) is 91.3 Å². The maximum Gasteiger partial charge on any atom is 2.00 e. The van der Waals surface area contributed by atoms with E-state index in [9.17, 15) is 0 Å². The summed E-state index contributed by atoms with van der Waals surface area (Å²) in [7, 11) is -4.69. The van der Waals surface area contributed by atoms with Gasteiger partial charge in [0.15, 0.2) is 0 Å². The van der Waals surface area contributed by atoms with Gasteiger partial charge in [0.1, 0.15) is 0 Å². The Morgan fingerprint density at radius 3 is 1.29 bits per heavy atom. The second-order valence-corrected chi connectivity index (χ2v) is 1.19. The summed E-state index contributed by atoms with van der Waals surface area (Å²) in [5.41, 5.74) is 0. The summed E-state index contributed by atoms with van der Waals surface area (Å²) in [5.74, 6) is 0. The molecule has 0 aromatic rings. The Morgan fingerprint density at radius 2 is 1.29 bits per heavy atom. The number of rotatable bonds is 0. The second-order valence-electron chi connectivity index (χ2n) is 0.396. The molecule has 0 aromatic heterocycles. The molecule has 0 spiro atoms. The molecule has 0 rings (SSSR count). The number of hydrogen-bond acceptors (Lipinski definition) is 4. The van der Waals surface area contributed by atoms with Gasteiger partial charge in [0.25, 0.3) is 0 Å².